The number of nitrogens with zero attached hydrogens (tertiary/aromatic N) is 4. The molecule has 0 aliphatic carbocycles. The van der Waals surface area contributed by atoms with Crippen molar-refractivity contribution in [3.05, 3.63) is 95.6 Å². The number of phenolic OH excluding ortho intramolecular Hbond substituents is 2. The van der Waals surface area contributed by atoms with Crippen LogP contribution in [0.3, 0.4) is 0 Å². The van der Waals surface area contributed by atoms with E-state index in [-0.39, 0.29) is 95.8 Å². The van der Waals surface area contributed by atoms with Crippen LogP contribution in [0.5, 0.6) is 11.5 Å². The molecule has 4 aromatic carbocycles. The topological polar surface area (TPSA) is 266 Å². The Kier molecular flexibility index (Phi) is 14.5. The average molecular weight is 1020 g/mol. The molecule has 2 aliphatic rings. The van der Waals surface area contributed by atoms with Crippen molar-refractivity contribution in [2.24, 2.45) is 14.1 Å². The van der Waals surface area contributed by atoms with Crippen LogP contribution in [0, 0.1) is 0 Å². The molecular weight excluding hydrogens is 972 g/mol. The van der Waals surface area contributed by atoms with Crippen LogP contribution in [-0.4, -0.2) is 105 Å². The highest BCUT2D eigenvalue weighted by Gasteiger charge is 2.36. The smallest absolute Gasteiger partial charge is 0.272 e. The molecular formula is C50H50Cl2N10O10. The van der Waals surface area contributed by atoms with Crippen molar-refractivity contribution in [1.82, 2.24) is 19.8 Å². The SMILES string of the molecule is CC(=O)Nc1ccc2c3c(cc(O)c2c1)N(C(=O)CCC(=O)Nc1cc(C(=O)Nc2cc(C(=O)NCC(=O)NCC(=O)N4CC(CCl)c5c4cc(O)c4cc(NC(C)=O)ccc54)n(C)c2)n(C)c1)CC3CCl. The molecule has 374 valence electrons. The highest BCUT2D eigenvalue weighted by Crippen LogP contribution is 2.47. The summed E-state index contributed by atoms with van der Waals surface area (Å²) in [6.07, 6.45) is 2.69. The number of halogens is 2. The normalized spacial score (nSPS) is 14.7. The summed E-state index contributed by atoms with van der Waals surface area (Å²) in [5, 5.41) is 40.1. The predicted molar refractivity (Wildman–Crippen MR) is 273 cm³/mol. The van der Waals surface area contributed by atoms with Crippen molar-refractivity contribution in [1.29, 1.82) is 0 Å². The quantitative estimate of drug-likeness (QED) is 0.0595. The van der Waals surface area contributed by atoms with Gasteiger partial charge in [0.05, 0.1) is 35.8 Å². The summed E-state index contributed by atoms with van der Waals surface area (Å²) in [5.74, 6) is -3.98. The Labute approximate surface area is 421 Å². The summed E-state index contributed by atoms with van der Waals surface area (Å²) in [6, 6.07) is 16.0. The number of nitrogens with one attached hydrogen (secondary N) is 6. The first kappa shape index (κ1) is 50.3. The lowest BCUT2D eigenvalue weighted by atomic mass is 9.95. The Hall–Kier alpha value is -8.10. The summed E-state index contributed by atoms with van der Waals surface area (Å²) in [7, 11) is 3.18. The highest BCUT2D eigenvalue weighted by atomic mass is 35.5. The second kappa shape index (κ2) is 20.7. The molecule has 22 heteroatoms. The Morgan fingerprint density at radius 3 is 1.53 bits per heavy atom. The van der Waals surface area contributed by atoms with Gasteiger partial charge in [-0.3, -0.25) is 38.4 Å². The molecule has 4 heterocycles. The molecule has 2 unspecified atom stereocenters. The molecule has 2 aliphatic heterocycles. The van der Waals surface area contributed by atoms with Gasteiger partial charge in [0.2, 0.25) is 35.4 Å². The number of hydrogen-bond donors (Lipinski definition) is 8. The number of fused-ring (bicyclic) bond motifs is 6. The summed E-state index contributed by atoms with van der Waals surface area (Å²) in [6.45, 7) is 2.34. The molecule has 0 spiro atoms. The Morgan fingerprint density at radius 1 is 0.542 bits per heavy atom. The molecule has 0 saturated carbocycles. The summed E-state index contributed by atoms with van der Waals surface area (Å²) >= 11 is 12.7. The molecule has 20 nitrogen and oxygen atoms in total. The minimum absolute atomic E-state index is 0.0812. The number of hydrogen-bond acceptors (Lipinski definition) is 10. The predicted octanol–water partition coefficient (Wildman–Crippen LogP) is 5.55. The fourth-order valence-corrected chi connectivity index (χ4v) is 9.82. The first-order valence-electron chi connectivity index (χ1n) is 22.7. The average Bonchev–Trinajstić information content (AvgIpc) is 4.11. The van der Waals surface area contributed by atoms with Crippen molar-refractivity contribution < 1.29 is 48.6 Å². The first-order valence-corrected chi connectivity index (χ1v) is 23.8. The monoisotopic (exact) mass is 1020 g/mol. The molecule has 0 fully saturated rings. The van der Waals surface area contributed by atoms with E-state index >= 15 is 0 Å². The van der Waals surface area contributed by atoms with E-state index in [2.05, 4.69) is 31.9 Å². The fraction of sp³-hybridized carbons (Fsp3) is 0.280. The van der Waals surface area contributed by atoms with Crippen LogP contribution in [-0.2, 0) is 42.9 Å². The summed E-state index contributed by atoms with van der Waals surface area (Å²) in [4.78, 5) is 106. The van der Waals surface area contributed by atoms with Crippen molar-refractivity contribution in [3.63, 3.8) is 0 Å². The highest BCUT2D eigenvalue weighted by molar-refractivity contribution is 6.20. The van der Waals surface area contributed by atoms with E-state index in [0.29, 0.717) is 50.0 Å². The van der Waals surface area contributed by atoms with Gasteiger partial charge in [0.25, 0.3) is 11.8 Å². The van der Waals surface area contributed by atoms with Crippen LogP contribution in [0.15, 0.2) is 73.1 Å². The number of alkyl halides is 2. The number of rotatable bonds is 15. The van der Waals surface area contributed by atoms with Gasteiger partial charge in [0.1, 0.15) is 22.9 Å². The molecule has 0 radical (unpaired) electrons. The van der Waals surface area contributed by atoms with Gasteiger partial charge in [-0.15, -0.1) is 23.2 Å². The second-order valence-corrected chi connectivity index (χ2v) is 18.3. The summed E-state index contributed by atoms with van der Waals surface area (Å²) < 4.78 is 2.95. The zero-order valence-corrected chi connectivity index (χ0v) is 41.0. The van der Waals surface area contributed by atoms with Gasteiger partial charge in [-0.2, -0.15) is 0 Å². The fourth-order valence-electron chi connectivity index (χ4n) is 9.31. The second-order valence-electron chi connectivity index (χ2n) is 17.7. The van der Waals surface area contributed by atoms with E-state index in [1.807, 2.05) is 0 Å². The number of benzene rings is 4. The zero-order chi connectivity index (χ0) is 51.7. The van der Waals surface area contributed by atoms with Crippen LogP contribution in [0.4, 0.5) is 34.1 Å². The van der Waals surface area contributed by atoms with Crippen molar-refractivity contribution in [3.8, 4) is 11.5 Å². The van der Waals surface area contributed by atoms with Crippen molar-refractivity contribution in [2.75, 3.05) is 69.0 Å². The minimum Gasteiger partial charge on any atom is -0.507 e. The van der Waals surface area contributed by atoms with Crippen molar-refractivity contribution in [2.45, 2.75) is 38.5 Å². The van der Waals surface area contributed by atoms with Gasteiger partial charge in [-0.05, 0) is 58.3 Å². The van der Waals surface area contributed by atoms with Crippen LogP contribution in [0.1, 0.15) is 70.6 Å². The Morgan fingerprint density at radius 2 is 1.03 bits per heavy atom. The maximum Gasteiger partial charge on any atom is 0.272 e. The van der Waals surface area contributed by atoms with E-state index in [1.54, 1.807) is 50.5 Å². The largest absolute Gasteiger partial charge is 0.507 e. The maximum atomic E-state index is 13.5. The number of aromatic hydroxyl groups is 2. The number of anilines is 6. The van der Waals surface area contributed by atoms with Crippen LogP contribution in [0.25, 0.3) is 21.5 Å². The standard InChI is InChI=1S/C50H50Cl2N10O10/c1-25(63)55-29-5-7-33-35(11-29)41(65)15-37-47(33)27(17-51)21-61(37)45(69)10-9-43(67)57-31-13-40(60(4)23-31)50(72)58-32-14-39(59(3)24-32)49(71)54-19-44(68)53-20-46(70)62-22-28(18-52)48-34-8-6-30(56-26(2)64)12-36(34)42(66)16-38(48)62/h5-8,11-16,23-24,27-28,65-66H,9-10,17-22H2,1-4H3,(H,53,68)(H,54,71)(H,55,63)(H,56,64)(H,57,67)(H,58,72). The lowest BCUT2D eigenvalue weighted by Crippen LogP contribution is -2.43. The third kappa shape index (κ3) is 10.4. The molecule has 72 heavy (non-hydrogen) atoms. The van der Waals surface area contributed by atoms with Crippen LogP contribution in [0.2, 0.25) is 0 Å². The number of aromatic nitrogens is 2. The third-order valence-corrected chi connectivity index (χ3v) is 13.3. The number of carbonyl (C=O) groups is 8. The molecule has 0 bridgehead atoms. The number of phenols is 2. The van der Waals surface area contributed by atoms with E-state index in [0.717, 1.165) is 11.1 Å². The molecule has 8 N–H and O–H groups in total. The van der Waals surface area contributed by atoms with Gasteiger partial charge < -0.3 is 61.0 Å². The lowest BCUT2D eigenvalue weighted by Gasteiger charge is -2.19. The minimum atomic E-state index is -0.647. The number of carbonyl (C=O) groups excluding carboxylic acids is 8. The van der Waals surface area contributed by atoms with Gasteiger partial charge in [-0.25, -0.2) is 0 Å². The van der Waals surface area contributed by atoms with Gasteiger partial charge in [0, 0.05) is 124 Å². The van der Waals surface area contributed by atoms with Gasteiger partial charge in [0.15, 0.2) is 0 Å². The lowest BCUT2D eigenvalue weighted by molar-refractivity contribution is -0.124. The van der Waals surface area contributed by atoms with Crippen LogP contribution < -0.4 is 41.7 Å². The first-order chi connectivity index (χ1) is 34.3. The zero-order valence-electron chi connectivity index (χ0n) is 39.4. The number of amides is 8. The maximum absolute atomic E-state index is 13.5. The molecule has 6 aromatic rings. The third-order valence-electron chi connectivity index (χ3n) is 12.5. The Balaban J connectivity index is 0.816. The molecule has 8 amide bonds. The van der Waals surface area contributed by atoms with Crippen LogP contribution >= 0.6 is 23.2 Å². The molecule has 2 aromatic heterocycles. The molecule has 8 rings (SSSR count). The van der Waals surface area contributed by atoms with Gasteiger partial charge >= 0.3 is 0 Å². The van der Waals surface area contributed by atoms with E-state index in [1.165, 1.54) is 69.4 Å². The summed E-state index contributed by atoms with van der Waals surface area (Å²) in [5.41, 5.74) is 4.32. The number of aryl methyl sites for hydroxylation is 2. The van der Waals surface area contributed by atoms with E-state index in [4.69, 9.17) is 23.2 Å². The van der Waals surface area contributed by atoms with Crippen molar-refractivity contribution >= 4 is 126 Å². The van der Waals surface area contributed by atoms with E-state index < -0.39 is 42.6 Å². The van der Waals surface area contributed by atoms with Gasteiger partial charge in [-0.1, -0.05) is 12.1 Å². The molecule has 2 atom stereocenters. The van der Waals surface area contributed by atoms with E-state index in [9.17, 15) is 48.6 Å². The molecule has 0 saturated heterocycles. The Bertz CT molecular complexity index is 3260.